The Hall–Kier alpha value is -2.02. The molecule has 0 saturated carbocycles. The zero-order chi connectivity index (χ0) is 11.6. The highest BCUT2D eigenvalue weighted by atomic mass is 16.6. The molecule has 0 aromatic heterocycles. The number of aliphatic hydroxyl groups is 1. The van der Waals surface area contributed by atoms with E-state index in [4.69, 9.17) is 5.11 Å². The Kier molecular flexibility index (Phi) is 2.96. The van der Waals surface area contributed by atoms with Crippen LogP contribution in [-0.4, -0.2) is 15.0 Å². The standard InChI is InChI=1S/C8H8N2O5/c1-5-2-7(9(12)13)6(4-11)8(3-5)10(14)15/h2-3,11H,4H2,1H3. The number of hydrogen-bond acceptors (Lipinski definition) is 5. The molecule has 0 amide bonds. The summed E-state index contributed by atoms with van der Waals surface area (Å²) in [5.74, 6) is 0. The molecule has 0 unspecified atom stereocenters. The Morgan fingerprint density at radius 2 is 1.60 bits per heavy atom. The third-order valence-electron chi connectivity index (χ3n) is 1.90. The molecular weight excluding hydrogens is 204 g/mol. The second kappa shape index (κ2) is 4.01. The Balaban J connectivity index is 3.52. The van der Waals surface area contributed by atoms with Crippen LogP contribution in [0.5, 0.6) is 0 Å². The molecule has 0 radical (unpaired) electrons. The van der Waals surface area contributed by atoms with Crippen molar-refractivity contribution in [3.05, 3.63) is 43.5 Å². The zero-order valence-electron chi connectivity index (χ0n) is 7.84. The molecule has 1 rings (SSSR count). The molecular formula is C8H8N2O5. The predicted molar refractivity (Wildman–Crippen MR) is 50.4 cm³/mol. The van der Waals surface area contributed by atoms with Crippen molar-refractivity contribution in [2.45, 2.75) is 13.5 Å². The molecule has 0 aliphatic heterocycles. The van der Waals surface area contributed by atoms with Crippen LogP contribution >= 0.6 is 0 Å². The molecule has 0 heterocycles. The van der Waals surface area contributed by atoms with Crippen LogP contribution in [0.2, 0.25) is 0 Å². The van der Waals surface area contributed by atoms with Gasteiger partial charge in [-0.15, -0.1) is 0 Å². The highest BCUT2D eigenvalue weighted by Crippen LogP contribution is 2.29. The Labute approximate surface area is 84.3 Å². The van der Waals surface area contributed by atoms with Crippen molar-refractivity contribution in [1.82, 2.24) is 0 Å². The van der Waals surface area contributed by atoms with Crippen LogP contribution in [-0.2, 0) is 6.61 Å². The van der Waals surface area contributed by atoms with E-state index in [0.29, 0.717) is 5.56 Å². The minimum atomic E-state index is -0.744. The summed E-state index contributed by atoms with van der Waals surface area (Å²) < 4.78 is 0. The normalized spacial score (nSPS) is 10.0. The average Bonchev–Trinajstić information content (AvgIpc) is 2.16. The topological polar surface area (TPSA) is 107 Å². The first-order valence-corrected chi connectivity index (χ1v) is 4.00. The summed E-state index contributed by atoms with van der Waals surface area (Å²) in [6.07, 6.45) is 0. The van der Waals surface area contributed by atoms with Crippen molar-refractivity contribution in [1.29, 1.82) is 0 Å². The van der Waals surface area contributed by atoms with Gasteiger partial charge in [-0.2, -0.15) is 0 Å². The molecule has 0 spiro atoms. The molecule has 0 fully saturated rings. The number of nitrogens with zero attached hydrogens (tertiary/aromatic N) is 2. The van der Waals surface area contributed by atoms with Crippen LogP contribution in [0.25, 0.3) is 0 Å². The minimum Gasteiger partial charge on any atom is -0.391 e. The summed E-state index contributed by atoms with van der Waals surface area (Å²) in [7, 11) is 0. The molecule has 0 bridgehead atoms. The number of hydrogen-bond donors (Lipinski definition) is 1. The zero-order valence-corrected chi connectivity index (χ0v) is 7.84. The monoisotopic (exact) mass is 212 g/mol. The number of benzene rings is 1. The van der Waals surface area contributed by atoms with Gasteiger partial charge in [0.1, 0.15) is 5.56 Å². The fourth-order valence-electron chi connectivity index (χ4n) is 1.27. The Morgan fingerprint density at radius 1 is 1.20 bits per heavy atom. The maximum atomic E-state index is 10.6. The van der Waals surface area contributed by atoms with Gasteiger partial charge in [0.05, 0.1) is 16.5 Å². The van der Waals surface area contributed by atoms with Gasteiger partial charge in [-0.05, 0) is 12.5 Å². The number of nitro groups is 2. The van der Waals surface area contributed by atoms with Gasteiger partial charge >= 0.3 is 0 Å². The van der Waals surface area contributed by atoms with Crippen LogP contribution in [0.4, 0.5) is 11.4 Å². The molecule has 7 nitrogen and oxygen atoms in total. The summed E-state index contributed by atoms with van der Waals surface area (Å²) in [6, 6.07) is 2.39. The first-order chi connectivity index (χ1) is 6.97. The number of nitro benzene ring substituents is 2. The minimum absolute atomic E-state index is 0.268. The van der Waals surface area contributed by atoms with E-state index in [1.807, 2.05) is 0 Å². The molecule has 1 aromatic carbocycles. The van der Waals surface area contributed by atoms with E-state index in [9.17, 15) is 20.2 Å². The third-order valence-corrected chi connectivity index (χ3v) is 1.90. The van der Waals surface area contributed by atoms with Crippen molar-refractivity contribution in [3.8, 4) is 0 Å². The van der Waals surface area contributed by atoms with E-state index in [-0.39, 0.29) is 5.56 Å². The van der Waals surface area contributed by atoms with Crippen LogP contribution in [0.3, 0.4) is 0 Å². The maximum absolute atomic E-state index is 10.6. The van der Waals surface area contributed by atoms with Crippen molar-refractivity contribution in [3.63, 3.8) is 0 Å². The summed E-state index contributed by atoms with van der Waals surface area (Å²) in [4.78, 5) is 19.7. The summed E-state index contributed by atoms with van der Waals surface area (Å²) in [5.41, 5.74) is -0.713. The maximum Gasteiger partial charge on any atom is 0.282 e. The van der Waals surface area contributed by atoms with E-state index in [2.05, 4.69) is 0 Å². The summed E-state index contributed by atoms with van der Waals surface area (Å²) >= 11 is 0. The molecule has 0 aliphatic carbocycles. The molecule has 0 aliphatic rings. The first-order valence-electron chi connectivity index (χ1n) is 4.00. The van der Waals surface area contributed by atoms with E-state index in [1.165, 1.54) is 19.1 Å². The lowest BCUT2D eigenvalue weighted by Crippen LogP contribution is -2.01. The van der Waals surface area contributed by atoms with Crippen molar-refractivity contribution < 1.29 is 15.0 Å². The van der Waals surface area contributed by atoms with E-state index < -0.39 is 27.8 Å². The smallest absolute Gasteiger partial charge is 0.282 e. The number of aryl methyl sites for hydroxylation is 1. The average molecular weight is 212 g/mol. The largest absolute Gasteiger partial charge is 0.391 e. The summed E-state index contributed by atoms with van der Waals surface area (Å²) in [6.45, 7) is 0.786. The van der Waals surface area contributed by atoms with Gasteiger partial charge in [0.2, 0.25) is 0 Å². The lowest BCUT2D eigenvalue weighted by atomic mass is 10.1. The number of rotatable bonds is 3. The second-order valence-electron chi connectivity index (χ2n) is 2.95. The van der Waals surface area contributed by atoms with Crippen molar-refractivity contribution >= 4 is 11.4 Å². The van der Waals surface area contributed by atoms with Gasteiger partial charge in [-0.25, -0.2) is 0 Å². The SMILES string of the molecule is Cc1cc([N+](=O)[O-])c(CO)c([N+](=O)[O-])c1. The highest BCUT2D eigenvalue weighted by molar-refractivity contribution is 5.55. The van der Waals surface area contributed by atoms with Gasteiger partial charge in [-0.1, -0.05) is 0 Å². The van der Waals surface area contributed by atoms with E-state index in [0.717, 1.165) is 0 Å². The fraction of sp³-hybridized carbons (Fsp3) is 0.250. The van der Waals surface area contributed by atoms with Crippen molar-refractivity contribution in [2.75, 3.05) is 0 Å². The van der Waals surface area contributed by atoms with Gasteiger partial charge in [0, 0.05) is 12.1 Å². The molecule has 7 heteroatoms. The van der Waals surface area contributed by atoms with Crippen LogP contribution < -0.4 is 0 Å². The third kappa shape index (κ3) is 2.08. The van der Waals surface area contributed by atoms with Gasteiger partial charge in [0.15, 0.2) is 0 Å². The number of aliphatic hydroxyl groups excluding tert-OH is 1. The van der Waals surface area contributed by atoms with Gasteiger partial charge in [0.25, 0.3) is 11.4 Å². The molecule has 1 N–H and O–H groups in total. The second-order valence-corrected chi connectivity index (χ2v) is 2.95. The molecule has 0 atom stereocenters. The fourth-order valence-corrected chi connectivity index (χ4v) is 1.27. The van der Waals surface area contributed by atoms with Crippen LogP contribution in [0.1, 0.15) is 11.1 Å². The highest BCUT2D eigenvalue weighted by Gasteiger charge is 2.24. The molecule has 1 aromatic rings. The van der Waals surface area contributed by atoms with Crippen molar-refractivity contribution in [2.24, 2.45) is 0 Å². The predicted octanol–water partition coefficient (Wildman–Crippen LogP) is 1.30. The van der Waals surface area contributed by atoms with E-state index in [1.54, 1.807) is 0 Å². The van der Waals surface area contributed by atoms with Crippen LogP contribution in [0, 0.1) is 27.2 Å². The molecule has 15 heavy (non-hydrogen) atoms. The van der Waals surface area contributed by atoms with E-state index >= 15 is 0 Å². The Bertz CT molecular complexity index is 394. The lowest BCUT2D eigenvalue weighted by molar-refractivity contribution is -0.396. The lowest BCUT2D eigenvalue weighted by Gasteiger charge is -2.02. The van der Waals surface area contributed by atoms with Gasteiger partial charge < -0.3 is 5.11 Å². The van der Waals surface area contributed by atoms with Crippen LogP contribution in [0.15, 0.2) is 12.1 Å². The first kappa shape index (κ1) is 11.1. The Morgan fingerprint density at radius 3 is 1.87 bits per heavy atom. The van der Waals surface area contributed by atoms with Gasteiger partial charge in [-0.3, -0.25) is 20.2 Å². The quantitative estimate of drug-likeness (QED) is 0.600. The summed E-state index contributed by atoms with van der Waals surface area (Å²) in [5, 5.41) is 30.0. The molecule has 80 valence electrons. The molecule has 0 saturated heterocycles.